The van der Waals surface area contributed by atoms with Gasteiger partial charge in [-0.05, 0) is 49.5 Å². The van der Waals surface area contributed by atoms with Gasteiger partial charge < -0.3 is 42.1 Å². The number of benzene rings is 1. The topological polar surface area (TPSA) is 228 Å². The molecule has 0 fully saturated rings. The Hall–Kier alpha value is -3.36. The van der Waals surface area contributed by atoms with Crippen LogP contribution in [0.2, 0.25) is 0 Å². The third-order valence-corrected chi connectivity index (χ3v) is 5.98. The number of rotatable bonds is 16. The number of aliphatic carboxylic acids is 2. The van der Waals surface area contributed by atoms with E-state index in [4.69, 9.17) is 10.8 Å². The molecule has 0 radical (unpaired) electrons. The van der Waals surface area contributed by atoms with Crippen molar-refractivity contribution in [2.75, 3.05) is 12.0 Å². The third-order valence-electron chi connectivity index (χ3n) is 5.34. The molecule has 5 unspecified atom stereocenters. The number of phenolic OH excluding ortho intramolecular Hbond substituents is 1. The van der Waals surface area contributed by atoms with Crippen LogP contribution in [0, 0.1) is 0 Å². The lowest BCUT2D eigenvalue weighted by molar-refractivity contribution is -0.143. The number of nitrogens with one attached hydrogen (secondary N) is 3. The minimum atomic E-state index is -1.48. The average Bonchev–Trinajstić information content (AvgIpc) is 2.83. The number of aromatic hydroxyl groups is 1. The number of carboxylic acids is 2. The summed E-state index contributed by atoms with van der Waals surface area (Å²) in [6.45, 7) is 1.31. The molecule has 0 saturated carbocycles. The second-order valence-electron chi connectivity index (χ2n) is 8.37. The molecule has 0 aliphatic carbocycles. The van der Waals surface area contributed by atoms with E-state index >= 15 is 0 Å². The molecule has 206 valence electrons. The molecule has 0 bridgehead atoms. The zero-order valence-corrected chi connectivity index (χ0v) is 21.4. The standard InChI is InChI=1S/C23H34N4O9S/c1-12(28)19(24)22(34)27-17(11-13-3-5-14(29)6-4-13)21(33)25-15(9-10-37-2)20(32)26-16(23(35)36)7-8-18(30)31/h3-6,12,15-17,19,28-29H,7-11,24H2,1-2H3,(H,25,33)(H,26,32)(H,27,34)(H,30,31)(H,35,36). The van der Waals surface area contributed by atoms with Crippen LogP contribution in [0.3, 0.4) is 0 Å². The summed E-state index contributed by atoms with van der Waals surface area (Å²) in [5.41, 5.74) is 6.24. The number of hydrogen-bond acceptors (Lipinski definition) is 9. The molecule has 1 aromatic carbocycles. The zero-order valence-electron chi connectivity index (χ0n) is 20.5. The van der Waals surface area contributed by atoms with Gasteiger partial charge in [0.15, 0.2) is 0 Å². The lowest BCUT2D eigenvalue weighted by Crippen LogP contribution is -2.58. The first-order valence-electron chi connectivity index (χ1n) is 11.4. The van der Waals surface area contributed by atoms with Gasteiger partial charge in [0.2, 0.25) is 17.7 Å². The molecular formula is C23H34N4O9S. The van der Waals surface area contributed by atoms with Gasteiger partial charge in [-0.25, -0.2) is 4.79 Å². The van der Waals surface area contributed by atoms with Crippen LogP contribution in [0.5, 0.6) is 5.75 Å². The fourth-order valence-electron chi connectivity index (χ4n) is 3.14. The normalized spacial score (nSPS) is 14.9. The van der Waals surface area contributed by atoms with Gasteiger partial charge in [-0.2, -0.15) is 11.8 Å². The Bertz CT molecular complexity index is 943. The Morgan fingerprint density at radius 3 is 1.95 bits per heavy atom. The number of aliphatic hydroxyl groups excluding tert-OH is 1. The van der Waals surface area contributed by atoms with Crippen LogP contribution in [-0.2, 0) is 30.4 Å². The van der Waals surface area contributed by atoms with E-state index in [-0.39, 0.29) is 25.0 Å². The number of carboxylic acid groups (broad SMARTS) is 2. The van der Waals surface area contributed by atoms with E-state index in [0.717, 1.165) is 0 Å². The van der Waals surface area contributed by atoms with E-state index in [1.54, 1.807) is 6.26 Å². The number of hydrogen-bond donors (Lipinski definition) is 8. The highest BCUT2D eigenvalue weighted by molar-refractivity contribution is 7.98. The minimum Gasteiger partial charge on any atom is -0.508 e. The Kier molecular flexibility index (Phi) is 13.4. The largest absolute Gasteiger partial charge is 0.508 e. The summed E-state index contributed by atoms with van der Waals surface area (Å²) in [6, 6.07) is 0.648. The predicted octanol–water partition coefficient (Wildman–Crippen LogP) is -1.20. The first-order valence-corrected chi connectivity index (χ1v) is 12.8. The molecule has 37 heavy (non-hydrogen) atoms. The first kappa shape index (κ1) is 31.7. The highest BCUT2D eigenvalue weighted by Gasteiger charge is 2.31. The molecular weight excluding hydrogens is 508 g/mol. The van der Waals surface area contributed by atoms with Crippen LogP contribution < -0.4 is 21.7 Å². The fraction of sp³-hybridized carbons (Fsp3) is 0.522. The SMILES string of the molecule is CSCCC(NC(=O)C(Cc1ccc(O)cc1)NC(=O)C(N)C(C)O)C(=O)NC(CCC(=O)O)C(=O)O. The molecule has 0 aromatic heterocycles. The first-order chi connectivity index (χ1) is 17.3. The molecule has 0 aliphatic heterocycles. The zero-order chi connectivity index (χ0) is 28.1. The Morgan fingerprint density at radius 1 is 0.892 bits per heavy atom. The van der Waals surface area contributed by atoms with Gasteiger partial charge in [-0.3, -0.25) is 19.2 Å². The van der Waals surface area contributed by atoms with E-state index in [9.17, 15) is 39.3 Å². The van der Waals surface area contributed by atoms with E-state index in [0.29, 0.717) is 11.3 Å². The maximum atomic E-state index is 13.2. The molecule has 0 aliphatic rings. The van der Waals surface area contributed by atoms with Crippen molar-refractivity contribution in [2.45, 2.75) is 62.9 Å². The average molecular weight is 543 g/mol. The summed E-state index contributed by atoms with van der Waals surface area (Å²) in [5, 5.41) is 44.6. The van der Waals surface area contributed by atoms with Gasteiger partial charge in [0.05, 0.1) is 6.10 Å². The molecule has 14 heteroatoms. The Balaban J connectivity index is 3.11. The number of thioether (sulfide) groups is 1. The summed E-state index contributed by atoms with van der Waals surface area (Å²) in [7, 11) is 0. The number of phenols is 1. The monoisotopic (exact) mass is 542 g/mol. The fourth-order valence-corrected chi connectivity index (χ4v) is 3.61. The summed E-state index contributed by atoms with van der Waals surface area (Å²) in [6.07, 6.45) is -0.181. The molecule has 0 heterocycles. The van der Waals surface area contributed by atoms with Crippen molar-refractivity contribution in [2.24, 2.45) is 5.73 Å². The second kappa shape index (κ2) is 15.7. The molecule has 5 atom stereocenters. The number of amides is 3. The number of nitrogens with two attached hydrogens (primary N) is 1. The van der Waals surface area contributed by atoms with Crippen molar-refractivity contribution >= 4 is 41.4 Å². The van der Waals surface area contributed by atoms with Crippen LogP contribution in [0.15, 0.2) is 24.3 Å². The van der Waals surface area contributed by atoms with Crippen molar-refractivity contribution in [1.82, 2.24) is 16.0 Å². The summed E-state index contributed by atoms with van der Waals surface area (Å²) in [5.74, 6) is -4.63. The van der Waals surface area contributed by atoms with Crippen LogP contribution in [0.4, 0.5) is 0 Å². The summed E-state index contributed by atoms with van der Waals surface area (Å²) < 4.78 is 0. The Morgan fingerprint density at radius 2 is 1.43 bits per heavy atom. The lowest BCUT2D eigenvalue weighted by atomic mass is 10.0. The van der Waals surface area contributed by atoms with E-state index in [1.807, 2.05) is 0 Å². The van der Waals surface area contributed by atoms with Crippen LogP contribution >= 0.6 is 11.8 Å². The van der Waals surface area contributed by atoms with Gasteiger partial charge >= 0.3 is 11.9 Å². The van der Waals surface area contributed by atoms with Gasteiger partial charge in [0.1, 0.15) is 29.9 Å². The van der Waals surface area contributed by atoms with Crippen molar-refractivity contribution in [3.8, 4) is 5.75 Å². The highest BCUT2D eigenvalue weighted by atomic mass is 32.2. The maximum absolute atomic E-state index is 13.2. The van der Waals surface area contributed by atoms with Crippen molar-refractivity contribution in [1.29, 1.82) is 0 Å². The molecule has 0 saturated heterocycles. The second-order valence-corrected chi connectivity index (χ2v) is 9.36. The molecule has 9 N–H and O–H groups in total. The molecule has 1 aromatic rings. The van der Waals surface area contributed by atoms with E-state index in [2.05, 4.69) is 16.0 Å². The van der Waals surface area contributed by atoms with E-state index < -0.39 is 66.4 Å². The Labute approximate surface area is 218 Å². The molecule has 0 spiro atoms. The molecule has 13 nitrogen and oxygen atoms in total. The van der Waals surface area contributed by atoms with Crippen LogP contribution in [-0.4, -0.2) is 92.4 Å². The van der Waals surface area contributed by atoms with Gasteiger partial charge in [0.25, 0.3) is 0 Å². The quantitative estimate of drug-likeness (QED) is 0.124. The number of carbonyl (C=O) groups excluding carboxylic acids is 3. The van der Waals surface area contributed by atoms with Crippen LogP contribution in [0.1, 0.15) is 31.7 Å². The van der Waals surface area contributed by atoms with Gasteiger partial charge in [-0.1, -0.05) is 12.1 Å². The smallest absolute Gasteiger partial charge is 0.326 e. The van der Waals surface area contributed by atoms with Crippen molar-refractivity contribution < 1.29 is 44.4 Å². The van der Waals surface area contributed by atoms with Crippen molar-refractivity contribution in [3.05, 3.63) is 29.8 Å². The predicted molar refractivity (Wildman–Crippen MR) is 135 cm³/mol. The van der Waals surface area contributed by atoms with Gasteiger partial charge in [0, 0.05) is 12.8 Å². The van der Waals surface area contributed by atoms with Gasteiger partial charge in [-0.15, -0.1) is 0 Å². The summed E-state index contributed by atoms with van der Waals surface area (Å²) in [4.78, 5) is 60.8. The highest BCUT2D eigenvalue weighted by Crippen LogP contribution is 2.12. The number of carbonyl (C=O) groups is 5. The molecule has 1 rings (SSSR count). The molecule has 3 amide bonds. The third kappa shape index (κ3) is 11.5. The summed E-state index contributed by atoms with van der Waals surface area (Å²) >= 11 is 1.38. The van der Waals surface area contributed by atoms with Crippen molar-refractivity contribution in [3.63, 3.8) is 0 Å². The maximum Gasteiger partial charge on any atom is 0.326 e. The number of aliphatic hydroxyl groups is 1. The van der Waals surface area contributed by atoms with Crippen LogP contribution in [0.25, 0.3) is 0 Å². The minimum absolute atomic E-state index is 0.00500. The lowest BCUT2D eigenvalue weighted by Gasteiger charge is -2.25. The van der Waals surface area contributed by atoms with E-state index in [1.165, 1.54) is 43.0 Å².